The largest absolute Gasteiger partial charge is 0.302 e. The fourth-order valence-corrected chi connectivity index (χ4v) is 2.87. The molecule has 0 spiro atoms. The van der Waals surface area contributed by atoms with Crippen molar-refractivity contribution in [3.63, 3.8) is 0 Å². The smallest absolute Gasteiger partial charge is 0.143 e. The first kappa shape index (κ1) is 12.8. The van der Waals surface area contributed by atoms with Crippen LogP contribution in [0.1, 0.15) is 38.7 Å². The molecular formula is C13H20BrN3. The van der Waals surface area contributed by atoms with Crippen molar-refractivity contribution < 1.29 is 0 Å². The van der Waals surface area contributed by atoms with E-state index >= 15 is 0 Å². The molecule has 4 heteroatoms. The predicted octanol–water partition coefficient (Wildman–Crippen LogP) is 3.74. The molecule has 0 amide bonds. The maximum Gasteiger partial charge on any atom is 0.143 e. The van der Waals surface area contributed by atoms with Crippen LogP contribution in [0.5, 0.6) is 0 Å². The van der Waals surface area contributed by atoms with Crippen LogP contribution >= 0.6 is 15.9 Å². The standard InChI is InChI=1S/C13H20BrN3/c1-9-7-12(14)8-15-13(9)16-17-10(2)5-4-6-11(17)3/h7-8,10-11H,4-6H2,1-3H3,(H,15,16). The molecule has 1 aliphatic heterocycles. The molecule has 2 atom stereocenters. The molecule has 2 unspecified atom stereocenters. The average Bonchev–Trinajstić information content (AvgIpc) is 2.26. The SMILES string of the molecule is Cc1cc(Br)cnc1NN1C(C)CCCC1C. The summed E-state index contributed by atoms with van der Waals surface area (Å²) >= 11 is 3.44. The summed E-state index contributed by atoms with van der Waals surface area (Å²) in [5, 5.41) is 2.34. The molecule has 1 aromatic heterocycles. The molecule has 1 N–H and O–H groups in total. The number of hydrogen-bond donors (Lipinski definition) is 1. The highest BCUT2D eigenvalue weighted by molar-refractivity contribution is 9.10. The molecule has 0 aliphatic carbocycles. The second-order valence-corrected chi connectivity index (χ2v) is 5.88. The molecule has 0 aromatic carbocycles. The van der Waals surface area contributed by atoms with Gasteiger partial charge in [0.25, 0.3) is 0 Å². The second-order valence-electron chi connectivity index (χ2n) is 4.97. The molecule has 3 nitrogen and oxygen atoms in total. The lowest BCUT2D eigenvalue weighted by molar-refractivity contribution is 0.135. The fraction of sp³-hybridized carbons (Fsp3) is 0.615. The van der Waals surface area contributed by atoms with Gasteiger partial charge >= 0.3 is 0 Å². The van der Waals surface area contributed by atoms with Gasteiger partial charge in [0.2, 0.25) is 0 Å². The zero-order valence-corrected chi connectivity index (χ0v) is 12.3. The summed E-state index contributed by atoms with van der Waals surface area (Å²) in [7, 11) is 0. The molecule has 1 fully saturated rings. The van der Waals surface area contributed by atoms with E-state index in [1.807, 2.05) is 6.20 Å². The minimum absolute atomic E-state index is 0.573. The van der Waals surface area contributed by atoms with Crippen molar-refractivity contribution >= 4 is 21.7 Å². The minimum atomic E-state index is 0.573. The number of aromatic nitrogens is 1. The van der Waals surface area contributed by atoms with Gasteiger partial charge in [-0.1, -0.05) is 6.42 Å². The molecule has 0 bridgehead atoms. The van der Waals surface area contributed by atoms with E-state index in [4.69, 9.17) is 0 Å². The van der Waals surface area contributed by atoms with Gasteiger partial charge in [0, 0.05) is 22.8 Å². The monoisotopic (exact) mass is 297 g/mol. The number of pyridine rings is 1. The lowest BCUT2D eigenvalue weighted by Gasteiger charge is -2.39. The van der Waals surface area contributed by atoms with Crippen molar-refractivity contribution in [2.24, 2.45) is 0 Å². The Bertz CT molecular complexity index is 384. The van der Waals surface area contributed by atoms with Crippen LogP contribution in [0.2, 0.25) is 0 Å². The van der Waals surface area contributed by atoms with E-state index in [0.717, 1.165) is 10.3 Å². The Morgan fingerprint density at radius 1 is 1.35 bits per heavy atom. The van der Waals surface area contributed by atoms with Gasteiger partial charge in [0.1, 0.15) is 5.82 Å². The van der Waals surface area contributed by atoms with Crippen molar-refractivity contribution in [2.45, 2.75) is 52.1 Å². The molecule has 2 rings (SSSR count). The van der Waals surface area contributed by atoms with Crippen LogP contribution in [-0.4, -0.2) is 22.1 Å². The van der Waals surface area contributed by atoms with Gasteiger partial charge in [-0.3, -0.25) is 0 Å². The number of hydrogen-bond acceptors (Lipinski definition) is 3. The van der Waals surface area contributed by atoms with Gasteiger partial charge in [-0.2, -0.15) is 0 Å². The third-order valence-electron chi connectivity index (χ3n) is 3.47. The van der Waals surface area contributed by atoms with Gasteiger partial charge in [-0.05, 0) is 61.2 Å². The van der Waals surface area contributed by atoms with Crippen LogP contribution in [0.3, 0.4) is 0 Å². The molecule has 2 heterocycles. The van der Waals surface area contributed by atoms with Crippen molar-refractivity contribution in [3.05, 3.63) is 22.3 Å². The van der Waals surface area contributed by atoms with E-state index in [1.165, 1.54) is 24.8 Å². The first-order valence-electron chi connectivity index (χ1n) is 6.25. The summed E-state index contributed by atoms with van der Waals surface area (Å²) in [5.41, 5.74) is 4.65. The highest BCUT2D eigenvalue weighted by atomic mass is 79.9. The molecule has 1 aromatic rings. The highest BCUT2D eigenvalue weighted by Gasteiger charge is 2.25. The summed E-state index contributed by atoms with van der Waals surface area (Å²) in [6.07, 6.45) is 5.68. The Hall–Kier alpha value is -0.610. The van der Waals surface area contributed by atoms with E-state index in [0.29, 0.717) is 12.1 Å². The van der Waals surface area contributed by atoms with Crippen LogP contribution in [-0.2, 0) is 0 Å². The van der Waals surface area contributed by atoms with E-state index in [-0.39, 0.29) is 0 Å². The first-order valence-corrected chi connectivity index (χ1v) is 7.04. The van der Waals surface area contributed by atoms with Gasteiger partial charge in [-0.15, -0.1) is 0 Å². The Labute approximate surface area is 112 Å². The van der Waals surface area contributed by atoms with E-state index in [2.05, 4.69) is 58.2 Å². The van der Waals surface area contributed by atoms with Gasteiger partial charge in [0.05, 0.1) is 0 Å². The predicted molar refractivity (Wildman–Crippen MR) is 74.9 cm³/mol. The topological polar surface area (TPSA) is 28.2 Å². The lowest BCUT2D eigenvalue weighted by atomic mass is 10.00. The van der Waals surface area contributed by atoms with Crippen molar-refractivity contribution in [3.8, 4) is 0 Å². The fourth-order valence-electron chi connectivity index (χ4n) is 2.42. The number of halogens is 1. The highest BCUT2D eigenvalue weighted by Crippen LogP contribution is 2.24. The average molecular weight is 298 g/mol. The van der Waals surface area contributed by atoms with Crippen LogP contribution in [0.15, 0.2) is 16.7 Å². The molecule has 17 heavy (non-hydrogen) atoms. The van der Waals surface area contributed by atoms with Crippen LogP contribution < -0.4 is 5.43 Å². The molecule has 1 saturated heterocycles. The first-order chi connectivity index (χ1) is 8.08. The van der Waals surface area contributed by atoms with E-state index < -0.39 is 0 Å². The lowest BCUT2D eigenvalue weighted by Crippen LogP contribution is -2.47. The summed E-state index contributed by atoms with van der Waals surface area (Å²) in [6, 6.07) is 3.24. The zero-order chi connectivity index (χ0) is 12.4. The summed E-state index contributed by atoms with van der Waals surface area (Å²) in [4.78, 5) is 4.44. The van der Waals surface area contributed by atoms with Crippen molar-refractivity contribution in [2.75, 3.05) is 5.43 Å². The molecule has 0 radical (unpaired) electrons. The normalized spacial score (nSPS) is 25.9. The van der Waals surface area contributed by atoms with Gasteiger partial charge in [0.15, 0.2) is 0 Å². The Balaban J connectivity index is 2.13. The Morgan fingerprint density at radius 3 is 2.59 bits per heavy atom. The van der Waals surface area contributed by atoms with Crippen LogP contribution in [0, 0.1) is 6.92 Å². The number of nitrogens with zero attached hydrogens (tertiary/aromatic N) is 2. The molecule has 1 aliphatic rings. The van der Waals surface area contributed by atoms with E-state index in [9.17, 15) is 0 Å². The molecule has 0 saturated carbocycles. The van der Waals surface area contributed by atoms with Crippen LogP contribution in [0.4, 0.5) is 5.82 Å². The summed E-state index contributed by atoms with van der Waals surface area (Å²) in [6.45, 7) is 6.63. The van der Waals surface area contributed by atoms with Gasteiger partial charge < -0.3 is 5.43 Å². The number of anilines is 1. The third kappa shape index (κ3) is 2.99. The minimum Gasteiger partial charge on any atom is -0.302 e. The quantitative estimate of drug-likeness (QED) is 0.901. The van der Waals surface area contributed by atoms with Crippen molar-refractivity contribution in [1.82, 2.24) is 9.99 Å². The Morgan fingerprint density at radius 2 is 2.00 bits per heavy atom. The van der Waals surface area contributed by atoms with E-state index in [1.54, 1.807) is 0 Å². The number of rotatable bonds is 2. The third-order valence-corrected chi connectivity index (χ3v) is 3.91. The summed E-state index contributed by atoms with van der Waals surface area (Å²) < 4.78 is 1.03. The maximum atomic E-state index is 4.44. The number of piperidine rings is 1. The van der Waals surface area contributed by atoms with Gasteiger partial charge in [-0.25, -0.2) is 9.99 Å². The molecular weight excluding hydrogens is 278 g/mol. The number of hydrazine groups is 1. The Kier molecular flexibility index (Phi) is 4.05. The van der Waals surface area contributed by atoms with Crippen LogP contribution in [0.25, 0.3) is 0 Å². The van der Waals surface area contributed by atoms with Crippen molar-refractivity contribution in [1.29, 1.82) is 0 Å². The number of nitrogens with one attached hydrogen (secondary N) is 1. The summed E-state index contributed by atoms with van der Waals surface area (Å²) in [5.74, 6) is 0.966. The molecule has 94 valence electrons. The zero-order valence-electron chi connectivity index (χ0n) is 10.7. The maximum absolute atomic E-state index is 4.44. The second kappa shape index (κ2) is 5.36. The number of aryl methyl sites for hydroxylation is 1.